The predicted octanol–water partition coefficient (Wildman–Crippen LogP) is 6.67. The molecule has 0 aliphatic heterocycles. The summed E-state index contributed by atoms with van der Waals surface area (Å²) in [5.74, 6) is 6.27. The highest BCUT2D eigenvalue weighted by Crippen LogP contribution is 2.25. The molecule has 2 N–H and O–H groups in total. The fourth-order valence-electron chi connectivity index (χ4n) is 3.63. The maximum Gasteiger partial charge on any atom is 0.340 e. The Hall–Kier alpha value is -4.61. The molecule has 0 fully saturated rings. The van der Waals surface area contributed by atoms with Gasteiger partial charge in [-0.15, -0.1) is 25.7 Å². The van der Waals surface area contributed by atoms with Gasteiger partial charge in [-0.1, -0.05) is 55.3 Å². The molecule has 8 heteroatoms. The Morgan fingerprint density at radius 1 is 1.17 bits per heavy atom. The van der Waals surface area contributed by atoms with Crippen molar-refractivity contribution in [1.29, 1.82) is 0 Å². The number of ether oxygens (including phenoxy) is 1. The van der Waals surface area contributed by atoms with Gasteiger partial charge in [0.15, 0.2) is 0 Å². The van der Waals surface area contributed by atoms with Crippen LogP contribution in [0.4, 0.5) is 0 Å². The zero-order chi connectivity index (χ0) is 31.4. The molecule has 3 heterocycles. The molecule has 0 bridgehead atoms. The van der Waals surface area contributed by atoms with E-state index in [1.807, 2.05) is 52.0 Å². The first-order valence-electron chi connectivity index (χ1n) is 13.2. The Bertz CT molecular complexity index is 1470. The first-order valence-corrected chi connectivity index (χ1v) is 13.2. The van der Waals surface area contributed by atoms with E-state index in [1.54, 1.807) is 43.0 Å². The first-order chi connectivity index (χ1) is 19.9. The average molecular weight is 562 g/mol. The molecule has 0 unspecified atom stereocenters. The monoisotopic (exact) mass is 561 g/mol. The molecular weight excluding hydrogens is 518 g/mol. The minimum Gasteiger partial charge on any atom is -0.457 e. The lowest BCUT2D eigenvalue weighted by molar-refractivity contribution is 0.0473. The van der Waals surface area contributed by atoms with Crippen LogP contribution in [0.3, 0.4) is 0 Å². The van der Waals surface area contributed by atoms with Crippen LogP contribution in [-0.2, 0) is 17.9 Å². The van der Waals surface area contributed by atoms with E-state index in [4.69, 9.17) is 9.84 Å². The van der Waals surface area contributed by atoms with Crippen LogP contribution >= 0.6 is 0 Å². The highest BCUT2D eigenvalue weighted by atomic mass is 16.5. The quantitative estimate of drug-likeness (QED) is 0.155. The maximum absolute atomic E-state index is 12.9. The summed E-state index contributed by atoms with van der Waals surface area (Å²) >= 11 is 0. The van der Waals surface area contributed by atoms with Crippen molar-refractivity contribution in [2.75, 3.05) is 7.11 Å². The van der Waals surface area contributed by atoms with Gasteiger partial charge < -0.3 is 23.9 Å². The van der Waals surface area contributed by atoms with Crippen LogP contribution < -0.4 is 5.56 Å². The molecule has 1 aromatic carbocycles. The van der Waals surface area contributed by atoms with E-state index in [2.05, 4.69) is 46.2 Å². The number of aliphatic hydroxyl groups excluding tert-OH is 1. The summed E-state index contributed by atoms with van der Waals surface area (Å²) in [7, 11) is 1.00. The zero-order valence-corrected chi connectivity index (χ0v) is 25.3. The van der Waals surface area contributed by atoms with Crippen molar-refractivity contribution >= 4 is 16.9 Å². The second-order valence-electron chi connectivity index (χ2n) is 7.99. The van der Waals surface area contributed by atoms with E-state index in [-0.39, 0.29) is 12.2 Å². The summed E-state index contributed by atoms with van der Waals surface area (Å²) < 4.78 is 11.8. The number of allylic oxidation sites excluding steroid dienone is 1. The van der Waals surface area contributed by atoms with E-state index in [0.29, 0.717) is 40.7 Å². The summed E-state index contributed by atoms with van der Waals surface area (Å²) in [6, 6.07) is 9.56. The topological polar surface area (TPSA) is 110 Å². The largest absolute Gasteiger partial charge is 0.457 e. The van der Waals surface area contributed by atoms with Gasteiger partial charge in [0, 0.05) is 37.0 Å². The third-order valence-electron chi connectivity index (χ3n) is 5.44. The van der Waals surface area contributed by atoms with Crippen molar-refractivity contribution in [3.63, 3.8) is 0 Å². The van der Waals surface area contributed by atoms with Crippen molar-refractivity contribution < 1.29 is 19.2 Å². The normalized spacial score (nSPS) is 9.07. The Balaban J connectivity index is 0.00000113. The molecular formula is C33H43N3O5. The van der Waals surface area contributed by atoms with Gasteiger partial charge in [0.2, 0.25) is 0 Å². The van der Waals surface area contributed by atoms with E-state index in [0.717, 1.165) is 24.0 Å². The lowest BCUT2D eigenvalue weighted by Gasteiger charge is -2.09. The number of fused-ring (bicyclic) bond motifs is 1. The Morgan fingerprint density at radius 2 is 1.83 bits per heavy atom. The number of benzene rings is 1. The van der Waals surface area contributed by atoms with Crippen molar-refractivity contribution in [3.8, 4) is 11.8 Å². The number of nitrogens with zero attached hydrogens (tertiary/aromatic N) is 2. The number of rotatable bonds is 6. The van der Waals surface area contributed by atoms with Gasteiger partial charge in [-0.05, 0) is 45.2 Å². The molecule has 8 nitrogen and oxygen atoms in total. The van der Waals surface area contributed by atoms with E-state index in [9.17, 15) is 9.59 Å². The van der Waals surface area contributed by atoms with E-state index < -0.39 is 5.97 Å². The number of carbonyl (C=O) groups is 1. The number of H-pyrrole nitrogens is 1. The smallest absolute Gasteiger partial charge is 0.340 e. The summed E-state index contributed by atoms with van der Waals surface area (Å²) in [6.45, 7) is 21.7. The number of nitrogens with one attached hydrogen (secondary N) is 1. The van der Waals surface area contributed by atoms with Crippen LogP contribution in [0.5, 0.6) is 0 Å². The molecule has 0 amide bonds. The summed E-state index contributed by atoms with van der Waals surface area (Å²) in [4.78, 5) is 28.9. The number of aromatic amines is 1. The number of aryl methyl sites for hydroxylation is 4. The Morgan fingerprint density at radius 3 is 2.34 bits per heavy atom. The number of aromatic nitrogens is 3. The van der Waals surface area contributed by atoms with Crippen molar-refractivity contribution in [1.82, 2.24) is 14.7 Å². The van der Waals surface area contributed by atoms with Crippen molar-refractivity contribution in [2.45, 2.75) is 61.1 Å². The minimum atomic E-state index is -0.473. The third-order valence-corrected chi connectivity index (χ3v) is 5.44. The lowest BCUT2D eigenvalue weighted by Crippen LogP contribution is -2.20. The molecule has 0 atom stereocenters. The summed E-state index contributed by atoms with van der Waals surface area (Å²) in [5, 5.41) is 11.0. The number of carbonyl (C=O) groups excluding carboxylic acids is 1. The van der Waals surface area contributed by atoms with Crippen LogP contribution in [0.2, 0.25) is 0 Å². The van der Waals surface area contributed by atoms with E-state index in [1.165, 1.54) is 0 Å². The second kappa shape index (κ2) is 20.3. The average Bonchev–Trinajstić information content (AvgIpc) is 3.63. The van der Waals surface area contributed by atoms with Crippen LogP contribution in [0, 0.1) is 32.6 Å². The number of pyridine rings is 1. The van der Waals surface area contributed by atoms with Gasteiger partial charge in [-0.2, -0.15) is 0 Å². The predicted molar refractivity (Wildman–Crippen MR) is 167 cm³/mol. The number of hydrogen-bond acceptors (Lipinski definition) is 6. The Kier molecular flexibility index (Phi) is 18.0. The zero-order valence-electron chi connectivity index (χ0n) is 25.3. The SMILES string of the molecule is C=C.C=CCCn1cc(C#CC)c2c(C(=O)OCc3ccccc3C)c(C)[nH]c2c1=O.CC.CO.Cc1ccno1. The summed E-state index contributed by atoms with van der Waals surface area (Å²) in [5.41, 5.74) is 3.75. The van der Waals surface area contributed by atoms with Crippen LogP contribution in [0.15, 0.2) is 77.9 Å². The third kappa shape index (κ3) is 10.5. The number of hydrogen-bond donors (Lipinski definition) is 2. The molecule has 4 rings (SSSR count). The fourth-order valence-corrected chi connectivity index (χ4v) is 3.63. The molecule has 0 aliphatic rings. The molecule has 4 aromatic rings. The number of aliphatic hydroxyl groups is 1. The minimum absolute atomic E-state index is 0.169. The van der Waals surface area contributed by atoms with Crippen LogP contribution in [-0.4, -0.2) is 32.9 Å². The highest BCUT2D eigenvalue weighted by molar-refractivity contribution is 6.07. The summed E-state index contributed by atoms with van der Waals surface area (Å²) in [6.07, 6.45) is 5.75. The van der Waals surface area contributed by atoms with Crippen LogP contribution in [0.1, 0.15) is 65.7 Å². The van der Waals surface area contributed by atoms with Gasteiger partial charge >= 0.3 is 5.97 Å². The van der Waals surface area contributed by atoms with Gasteiger partial charge in [-0.3, -0.25) is 4.79 Å². The van der Waals surface area contributed by atoms with Gasteiger partial charge in [0.05, 0.1) is 17.3 Å². The highest BCUT2D eigenvalue weighted by Gasteiger charge is 2.23. The standard InChI is InChI=1S/C24H24N2O3.C4H5NO.C2H6.C2H4.CH4O/c1-5-7-13-26-14-18(10-6-2)21-20(17(4)25-22(21)23(26)27)24(28)29-15-19-12-9-8-11-16(19)3;1-4-2-3-5-6-4;3*1-2/h5,8-9,11-12,14,25H,1,7,13,15H2,2-4H3;2-3H,1H3;1-2H3;1-2H2;2H,1H3. The second-order valence-corrected chi connectivity index (χ2v) is 7.99. The fraction of sp³-hybridized carbons (Fsp3) is 0.303. The van der Waals surface area contributed by atoms with Crippen molar-refractivity contribution in [3.05, 3.63) is 113 Å². The molecule has 0 spiro atoms. The van der Waals surface area contributed by atoms with Crippen LogP contribution in [0.25, 0.3) is 10.9 Å². The molecule has 0 aliphatic carbocycles. The van der Waals surface area contributed by atoms with Crippen molar-refractivity contribution in [2.24, 2.45) is 0 Å². The van der Waals surface area contributed by atoms with Gasteiger partial charge in [-0.25, -0.2) is 4.79 Å². The molecule has 0 saturated heterocycles. The Labute approximate surface area is 243 Å². The molecule has 220 valence electrons. The molecule has 41 heavy (non-hydrogen) atoms. The van der Waals surface area contributed by atoms with E-state index >= 15 is 0 Å². The molecule has 0 saturated carbocycles. The first kappa shape index (κ1) is 36.4. The molecule has 3 aromatic heterocycles. The van der Waals surface area contributed by atoms with Gasteiger partial charge in [0.25, 0.3) is 5.56 Å². The lowest BCUT2D eigenvalue weighted by atomic mass is 10.1. The van der Waals surface area contributed by atoms with Gasteiger partial charge in [0.1, 0.15) is 17.9 Å². The molecule has 0 radical (unpaired) electrons. The number of esters is 1. The maximum atomic E-state index is 12.9.